The number of hydrogen-bond acceptors (Lipinski definition) is 3. The lowest BCUT2D eigenvalue weighted by atomic mass is 10.3. The van der Waals surface area contributed by atoms with Crippen LogP contribution in [-0.4, -0.2) is 15.0 Å². The number of halogens is 1. The minimum atomic E-state index is -3.64. The summed E-state index contributed by atoms with van der Waals surface area (Å²) in [6.07, 6.45) is 0.671. The summed E-state index contributed by atoms with van der Waals surface area (Å²) < 4.78 is 38.4. The summed E-state index contributed by atoms with van der Waals surface area (Å²) >= 11 is 0. The van der Waals surface area contributed by atoms with Crippen LogP contribution in [0.5, 0.6) is 0 Å². The fourth-order valence-electron chi connectivity index (χ4n) is 1.06. The molecule has 6 heteroatoms. The van der Waals surface area contributed by atoms with E-state index in [1.807, 2.05) is 6.92 Å². The number of nitrogens with two attached hydrogens (primary N) is 1. The normalized spacial score (nSPS) is 11.6. The molecule has 0 aromatic heterocycles. The molecule has 0 unspecified atom stereocenters. The highest BCUT2D eigenvalue weighted by molar-refractivity contribution is 7.89. The van der Waals surface area contributed by atoms with Crippen molar-refractivity contribution in [2.45, 2.75) is 18.2 Å². The van der Waals surface area contributed by atoms with Crippen LogP contribution in [-0.2, 0) is 10.0 Å². The summed E-state index contributed by atoms with van der Waals surface area (Å²) in [6, 6.07) is 3.23. The first-order valence-electron chi connectivity index (χ1n) is 4.51. The van der Waals surface area contributed by atoms with Gasteiger partial charge in [-0.05, 0) is 24.6 Å². The van der Waals surface area contributed by atoms with E-state index in [2.05, 4.69) is 4.72 Å². The van der Waals surface area contributed by atoms with Gasteiger partial charge in [-0.2, -0.15) is 0 Å². The summed E-state index contributed by atoms with van der Waals surface area (Å²) in [6.45, 7) is 2.15. The molecule has 0 saturated carbocycles. The largest absolute Gasteiger partial charge is 0.399 e. The van der Waals surface area contributed by atoms with E-state index in [0.717, 1.165) is 12.1 Å². The van der Waals surface area contributed by atoms with E-state index in [9.17, 15) is 12.8 Å². The summed E-state index contributed by atoms with van der Waals surface area (Å²) in [4.78, 5) is -0.145. The topological polar surface area (TPSA) is 72.2 Å². The molecule has 1 aromatic carbocycles. The number of hydrogen-bond donors (Lipinski definition) is 2. The van der Waals surface area contributed by atoms with Gasteiger partial charge in [-0.25, -0.2) is 17.5 Å². The molecule has 15 heavy (non-hydrogen) atoms. The monoisotopic (exact) mass is 232 g/mol. The lowest BCUT2D eigenvalue weighted by Crippen LogP contribution is -2.24. The lowest BCUT2D eigenvalue weighted by Gasteiger charge is -2.06. The quantitative estimate of drug-likeness (QED) is 0.763. The molecule has 0 amide bonds. The van der Waals surface area contributed by atoms with Crippen LogP contribution in [0, 0.1) is 5.82 Å². The Morgan fingerprint density at radius 1 is 1.40 bits per heavy atom. The van der Waals surface area contributed by atoms with Crippen molar-refractivity contribution >= 4 is 15.7 Å². The minimum Gasteiger partial charge on any atom is -0.399 e. The first-order valence-corrected chi connectivity index (χ1v) is 6.00. The van der Waals surface area contributed by atoms with Crippen molar-refractivity contribution < 1.29 is 12.8 Å². The molecule has 3 N–H and O–H groups in total. The average Bonchev–Trinajstić information content (AvgIpc) is 2.13. The van der Waals surface area contributed by atoms with E-state index >= 15 is 0 Å². The SMILES string of the molecule is CCCNS(=O)(=O)c1cc(N)cc(F)c1. The summed E-state index contributed by atoms with van der Waals surface area (Å²) in [5, 5.41) is 0. The second-order valence-electron chi connectivity index (χ2n) is 3.12. The van der Waals surface area contributed by atoms with Crippen LogP contribution in [0.15, 0.2) is 23.1 Å². The first kappa shape index (κ1) is 11.9. The molecule has 1 rings (SSSR count). The van der Waals surface area contributed by atoms with Crippen LogP contribution in [0.25, 0.3) is 0 Å². The molecular formula is C9H13FN2O2S. The van der Waals surface area contributed by atoms with E-state index in [4.69, 9.17) is 5.73 Å². The van der Waals surface area contributed by atoms with E-state index in [0.29, 0.717) is 13.0 Å². The molecule has 1 aromatic rings. The molecule has 0 bridgehead atoms. The van der Waals surface area contributed by atoms with Gasteiger partial charge in [0.2, 0.25) is 10.0 Å². The van der Waals surface area contributed by atoms with Crippen LogP contribution in [0.4, 0.5) is 10.1 Å². The Morgan fingerprint density at radius 3 is 2.60 bits per heavy atom. The standard InChI is InChI=1S/C9H13FN2O2S/c1-2-3-12-15(13,14)9-5-7(10)4-8(11)6-9/h4-6,12H,2-3,11H2,1H3. The minimum absolute atomic E-state index is 0.0897. The number of sulfonamides is 1. The van der Waals surface area contributed by atoms with Gasteiger partial charge in [0.05, 0.1) is 4.90 Å². The molecule has 0 saturated heterocycles. The third-order valence-electron chi connectivity index (χ3n) is 1.75. The predicted octanol–water partition coefficient (Wildman–Crippen LogP) is 1.10. The highest BCUT2D eigenvalue weighted by Gasteiger charge is 2.14. The first-order chi connectivity index (χ1) is 6.95. The van der Waals surface area contributed by atoms with Gasteiger partial charge in [-0.3, -0.25) is 0 Å². The van der Waals surface area contributed by atoms with E-state index < -0.39 is 15.8 Å². The molecular weight excluding hydrogens is 219 g/mol. The Balaban J connectivity index is 3.04. The van der Waals surface area contributed by atoms with Crippen molar-refractivity contribution in [1.82, 2.24) is 4.72 Å². The number of rotatable bonds is 4. The third-order valence-corrected chi connectivity index (χ3v) is 3.19. The van der Waals surface area contributed by atoms with Crippen LogP contribution in [0.2, 0.25) is 0 Å². The molecule has 4 nitrogen and oxygen atoms in total. The number of benzene rings is 1. The second-order valence-corrected chi connectivity index (χ2v) is 4.88. The average molecular weight is 232 g/mol. The van der Waals surface area contributed by atoms with E-state index in [-0.39, 0.29) is 10.6 Å². The van der Waals surface area contributed by atoms with Gasteiger partial charge in [0.1, 0.15) is 5.82 Å². The van der Waals surface area contributed by atoms with Crippen molar-refractivity contribution in [1.29, 1.82) is 0 Å². The molecule has 0 fully saturated rings. The molecule has 0 spiro atoms. The molecule has 84 valence electrons. The second kappa shape index (κ2) is 4.59. The van der Waals surface area contributed by atoms with Crippen LogP contribution < -0.4 is 10.5 Å². The fraction of sp³-hybridized carbons (Fsp3) is 0.333. The number of nitrogens with one attached hydrogen (secondary N) is 1. The van der Waals surface area contributed by atoms with Crippen LogP contribution >= 0.6 is 0 Å². The van der Waals surface area contributed by atoms with Crippen molar-refractivity contribution in [3.05, 3.63) is 24.0 Å². The van der Waals surface area contributed by atoms with E-state index in [1.165, 1.54) is 6.07 Å². The van der Waals surface area contributed by atoms with Gasteiger partial charge in [0.15, 0.2) is 0 Å². The lowest BCUT2D eigenvalue weighted by molar-refractivity contribution is 0.577. The van der Waals surface area contributed by atoms with Gasteiger partial charge < -0.3 is 5.73 Å². The summed E-state index contributed by atoms with van der Waals surface area (Å²) in [7, 11) is -3.64. The summed E-state index contributed by atoms with van der Waals surface area (Å²) in [5.74, 6) is -0.660. The molecule has 0 atom stereocenters. The predicted molar refractivity (Wildman–Crippen MR) is 56.3 cm³/mol. The Bertz CT molecular complexity index is 425. The Kier molecular flexibility index (Phi) is 3.65. The van der Waals surface area contributed by atoms with Gasteiger partial charge >= 0.3 is 0 Å². The van der Waals surface area contributed by atoms with Gasteiger partial charge in [0.25, 0.3) is 0 Å². The third kappa shape index (κ3) is 3.17. The smallest absolute Gasteiger partial charge is 0.240 e. The van der Waals surface area contributed by atoms with Gasteiger partial charge in [0, 0.05) is 12.2 Å². The van der Waals surface area contributed by atoms with Crippen LogP contribution in [0.3, 0.4) is 0 Å². The molecule has 0 heterocycles. The molecule has 0 aliphatic heterocycles. The summed E-state index contributed by atoms with van der Waals surface area (Å²) in [5.41, 5.74) is 5.44. The zero-order valence-corrected chi connectivity index (χ0v) is 9.14. The molecule has 0 aliphatic rings. The van der Waals surface area contributed by atoms with Crippen molar-refractivity contribution in [2.75, 3.05) is 12.3 Å². The van der Waals surface area contributed by atoms with Gasteiger partial charge in [-0.1, -0.05) is 6.92 Å². The number of anilines is 1. The zero-order chi connectivity index (χ0) is 11.5. The van der Waals surface area contributed by atoms with Crippen molar-refractivity contribution in [3.63, 3.8) is 0 Å². The van der Waals surface area contributed by atoms with Crippen molar-refractivity contribution in [2.24, 2.45) is 0 Å². The van der Waals surface area contributed by atoms with Crippen LogP contribution in [0.1, 0.15) is 13.3 Å². The Morgan fingerprint density at radius 2 is 2.07 bits per heavy atom. The fourth-order valence-corrected chi connectivity index (χ4v) is 2.26. The van der Waals surface area contributed by atoms with Crippen molar-refractivity contribution in [3.8, 4) is 0 Å². The zero-order valence-electron chi connectivity index (χ0n) is 8.33. The molecule has 0 aliphatic carbocycles. The Labute approximate surface area is 88.3 Å². The number of nitrogen functional groups attached to an aromatic ring is 1. The Hall–Kier alpha value is -1.14. The maximum absolute atomic E-state index is 12.9. The highest BCUT2D eigenvalue weighted by atomic mass is 32.2. The maximum atomic E-state index is 12.9. The maximum Gasteiger partial charge on any atom is 0.240 e. The highest BCUT2D eigenvalue weighted by Crippen LogP contribution is 2.15. The van der Waals surface area contributed by atoms with E-state index in [1.54, 1.807) is 0 Å². The molecule has 0 radical (unpaired) electrons. The van der Waals surface area contributed by atoms with Gasteiger partial charge in [-0.15, -0.1) is 0 Å².